The first-order valence-corrected chi connectivity index (χ1v) is 12.4. The molecule has 4 nitrogen and oxygen atoms in total. The molecule has 0 atom stereocenters. The zero-order chi connectivity index (χ0) is 24.2. The van der Waals surface area contributed by atoms with Crippen molar-refractivity contribution in [1.29, 1.82) is 0 Å². The molecule has 1 heterocycles. The van der Waals surface area contributed by atoms with E-state index in [-0.39, 0.29) is 12.4 Å². The van der Waals surface area contributed by atoms with Gasteiger partial charge in [0.1, 0.15) is 0 Å². The van der Waals surface area contributed by atoms with Crippen LogP contribution in [0.5, 0.6) is 0 Å². The summed E-state index contributed by atoms with van der Waals surface area (Å²) >= 11 is 5.89. The number of halogens is 1. The molecule has 1 saturated carbocycles. The zero-order valence-electron chi connectivity index (χ0n) is 19.4. The second-order valence-corrected chi connectivity index (χ2v) is 9.47. The van der Waals surface area contributed by atoms with Crippen LogP contribution in [0.2, 0.25) is 5.02 Å². The van der Waals surface area contributed by atoms with Crippen molar-refractivity contribution in [3.05, 3.63) is 101 Å². The van der Waals surface area contributed by atoms with Gasteiger partial charge in [-0.3, -0.25) is 4.79 Å². The van der Waals surface area contributed by atoms with Crippen molar-refractivity contribution in [2.45, 2.75) is 38.0 Å². The van der Waals surface area contributed by atoms with Gasteiger partial charge in [-0.25, -0.2) is 9.78 Å². The molecule has 0 spiro atoms. The van der Waals surface area contributed by atoms with Crippen LogP contribution in [-0.4, -0.2) is 23.3 Å². The molecule has 0 unspecified atom stereocenters. The summed E-state index contributed by atoms with van der Waals surface area (Å²) in [6.07, 6.45) is 6.42. The average Bonchev–Trinajstić information content (AvgIpc) is 2.92. The van der Waals surface area contributed by atoms with Gasteiger partial charge in [0.15, 0.2) is 12.4 Å². The van der Waals surface area contributed by atoms with Gasteiger partial charge < -0.3 is 4.74 Å². The normalized spacial score (nSPS) is 14.1. The van der Waals surface area contributed by atoms with Gasteiger partial charge in [-0.1, -0.05) is 73.3 Å². The molecule has 1 aliphatic carbocycles. The van der Waals surface area contributed by atoms with Crippen molar-refractivity contribution in [2.75, 3.05) is 6.61 Å². The topological polar surface area (TPSA) is 56.3 Å². The van der Waals surface area contributed by atoms with Crippen LogP contribution in [0.3, 0.4) is 0 Å². The van der Waals surface area contributed by atoms with Gasteiger partial charge in [0.2, 0.25) is 0 Å². The number of para-hydroxylation sites is 1. The largest absolute Gasteiger partial charge is 0.454 e. The van der Waals surface area contributed by atoms with Crippen LogP contribution in [0.25, 0.3) is 22.2 Å². The Morgan fingerprint density at radius 1 is 0.886 bits per heavy atom. The fraction of sp³-hybridized carbons (Fsp3) is 0.233. The fourth-order valence-corrected chi connectivity index (χ4v) is 4.91. The van der Waals surface area contributed by atoms with Crippen molar-refractivity contribution in [2.24, 2.45) is 0 Å². The first-order valence-electron chi connectivity index (χ1n) is 12.0. The first kappa shape index (κ1) is 23.3. The van der Waals surface area contributed by atoms with Crippen LogP contribution in [0.15, 0.2) is 78.9 Å². The molecule has 0 N–H and O–H groups in total. The summed E-state index contributed by atoms with van der Waals surface area (Å²) in [7, 11) is 0. The van der Waals surface area contributed by atoms with Crippen LogP contribution in [0.1, 0.15) is 64.3 Å². The predicted octanol–water partition coefficient (Wildman–Crippen LogP) is 7.64. The Kier molecular flexibility index (Phi) is 6.91. The fourth-order valence-electron chi connectivity index (χ4n) is 4.78. The minimum atomic E-state index is -0.550. The molecule has 0 amide bonds. The minimum Gasteiger partial charge on any atom is -0.454 e. The van der Waals surface area contributed by atoms with Gasteiger partial charge in [0.25, 0.3) is 0 Å². The van der Waals surface area contributed by atoms with Crippen molar-refractivity contribution in [3.8, 4) is 11.3 Å². The lowest BCUT2D eigenvalue weighted by molar-refractivity contribution is 0.0476. The molecule has 1 fully saturated rings. The summed E-state index contributed by atoms with van der Waals surface area (Å²) in [5, 5.41) is 1.24. The smallest absolute Gasteiger partial charge is 0.339 e. The first-order chi connectivity index (χ1) is 17.1. The van der Waals surface area contributed by atoms with Crippen LogP contribution in [-0.2, 0) is 4.74 Å². The summed E-state index contributed by atoms with van der Waals surface area (Å²) in [6.45, 7) is -0.345. The Balaban J connectivity index is 1.39. The number of carbonyl (C=O) groups excluding carboxylic acids is 2. The highest BCUT2D eigenvalue weighted by molar-refractivity contribution is 6.30. The summed E-state index contributed by atoms with van der Waals surface area (Å²) in [5.41, 5.74) is 4.56. The van der Waals surface area contributed by atoms with Crippen molar-refractivity contribution < 1.29 is 14.3 Å². The van der Waals surface area contributed by atoms with Crippen LogP contribution < -0.4 is 0 Å². The number of aromatic nitrogens is 1. The van der Waals surface area contributed by atoms with E-state index in [2.05, 4.69) is 24.3 Å². The number of hydrogen-bond acceptors (Lipinski definition) is 4. The number of nitrogens with zero attached hydrogens (tertiary/aromatic N) is 1. The highest BCUT2D eigenvalue weighted by Crippen LogP contribution is 2.34. The summed E-state index contributed by atoms with van der Waals surface area (Å²) in [5.74, 6) is -0.205. The predicted molar refractivity (Wildman–Crippen MR) is 139 cm³/mol. The number of hydrogen-bond donors (Lipinski definition) is 0. The van der Waals surface area contributed by atoms with E-state index in [1.807, 2.05) is 24.3 Å². The summed E-state index contributed by atoms with van der Waals surface area (Å²) < 4.78 is 5.42. The van der Waals surface area contributed by atoms with E-state index in [1.54, 1.807) is 30.3 Å². The van der Waals surface area contributed by atoms with E-state index in [0.29, 0.717) is 38.7 Å². The van der Waals surface area contributed by atoms with Crippen molar-refractivity contribution in [1.82, 2.24) is 4.98 Å². The molecule has 1 aliphatic rings. The Morgan fingerprint density at radius 3 is 2.34 bits per heavy atom. The molecular formula is C30H26ClNO3. The Morgan fingerprint density at radius 2 is 1.60 bits per heavy atom. The van der Waals surface area contributed by atoms with Crippen molar-refractivity contribution in [3.63, 3.8) is 0 Å². The molecule has 5 heteroatoms. The molecule has 176 valence electrons. The van der Waals surface area contributed by atoms with E-state index in [0.717, 1.165) is 5.56 Å². The third-order valence-corrected chi connectivity index (χ3v) is 6.97. The number of carbonyl (C=O) groups is 2. The lowest BCUT2D eigenvalue weighted by Gasteiger charge is -2.22. The van der Waals surface area contributed by atoms with E-state index < -0.39 is 5.97 Å². The third kappa shape index (κ3) is 5.28. The molecule has 35 heavy (non-hydrogen) atoms. The standard InChI is InChI=1S/C30H26ClNO3/c31-24-16-14-23(15-17-24)29(33)19-35-30(34)26-18-28(32-27-9-5-4-8-25(26)27)22-12-10-21(11-13-22)20-6-2-1-3-7-20/h4-5,8-18,20H,1-3,6-7,19H2. The lowest BCUT2D eigenvalue weighted by Crippen LogP contribution is -2.15. The van der Waals surface area contributed by atoms with Crippen LogP contribution in [0, 0.1) is 0 Å². The molecular weight excluding hydrogens is 458 g/mol. The maximum Gasteiger partial charge on any atom is 0.339 e. The van der Waals surface area contributed by atoms with Crippen molar-refractivity contribution >= 4 is 34.3 Å². The Hall–Kier alpha value is -3.50. The molecule has 0 bridgehead atoms. The molecule has 0 aliphatic heterocycles. The Bertz CT molecular complexity index is 1360. The quantitative estimate of drug-likeness (QED) is 0.209. The van der Waals surface area contributed by atoms with Gasteiger partial charge in [-0.15, -0.1) is 0 Å². The van der Waals surface area contributed by atoms with Crippen LogP contribution in [0.4, 0.5) is 0 Å². The molecule has 5 rings (SSSR count). The zero-order valence-corrected chi connectivity index (χ0v) is 20.1. The van der Waals surface area contributed by atoms with E-state index >= 15 is 0 Å². The number of esters is 1. The maximum atomic E-state index is 13.1. The highest BCUT2D eigenvalue weighted by atomic mass is 35.5. The molecule has 1 aromatic heterocycles. The van der Waals surface area contributed by atoms with E-state index in [9.17, 15) is 9.59 Å². The van der Waals surface area contributed by atoms with Gasteiger partial charge in [0, 0.05) is 21.5 Å². The van der Waals surface area contributed by atoms with E-state index in [4.69, 9.17) is 21.3 Å². The average molecular weight is 484 g/mol. The monoisotopic (exact) mass is 483 g/mol. The number of ether oxygens (including phenoxy) is 1. The van der Waals surface area contributed by atoms with E-state index in [1.165, 1.54) is 37.7 Å². The molecule has 3 aromatic carbocycles. The van der Waals surface area contributed by atoms with Gasteiger partial charge in [-0.2, -0.15) is 0 Å². The second kappa shape index (κ2) is 10.4. The minimum absolute atomic E-state index is 0.285. The summed E-state index contributed by atoms with van der Waals surface area (Å²) in [4.78, 5) is 30.3. The molecule has 0 saturated heterocycles. The molecule has 0 radical (unpaired) electrons. The molecule has 4 aromatic rings. The van der Waals surface area contributed by atoms with Gasteiger partial charge >= 0.3 is 5.97 Å². The summed E-state index contributed by atoms with van der Waals surface area (Å²) in [6, 6.07) is 24.3. The number of rotatable bonds is 6. The maximum absolute atomic E-state index is 13.1. The second-order valence-electron chi connectivity index (χ2n) is 9.04. The van der Waals surface area contributed by atoms with Gasteiger partial charge in [-0.05, 0) is 60.7 Å². The number of pyridine rings is 1. The Labute approximate surface area is 209 Å². The lowest BCUT2D eigenvalue weighted by atomic mass is 9.84. The number of benzene rings is 3. The number of Topliss-reactive ketones (excluding diaryl/α,β-unsaturated/α-hetero) is 1. The van der Waals surface area contributed by atoms with Crippen LogP contribution >= 0.6 is 11.6 Å². The number of fused-ring (bicyclic) bond motifs is 1. The highest BCUT2D eigenvalue weighted by Gasteiger charge is 2.18. The third-order valence-electron chi connectivity index (χ3n) is 6.72. The number of ketones is 1. The SMILES string of the molecule is O=C(COC(=O)c1cc(-c2ccc(C3CCCCC3)cc2)nc2ccccc12)c1ccc(Cl)cc1. The van der Waals surface area contributed by atoms with Gasteiger partial charge in [0.05, 0.1) is 16.8 Å².